The molecule has 0 saturated heterocycles. The summed E-state index contributed by atoms with van der Waals surface area (Å²) in [7, 11) is 0. The molecule has 3 aliphatic carbocycles. The number of thioether (sulfide) groups is 1. The molecule has 0 aliphatic heterocycles. The fraction of sp³-hybridized carbons (Fsp3) is 0.655. The molecule has 3 aliphatic rings. The highest BCUT2D eigenvalue weighted by molar-refractivity contribution is 7.99. The molecular weight excluding hydrogens is 428 g/mol. The maximum Gasteiger partial charge on any atom is 0.0788 e. The van der Waals surface area contributed by atoms with Gasteiger partial charge in [0.2, 0.25) is 0 Å². The molecule has 3 N–H and O–H groups in total. The van der Waals surface area contributed by atoms with Crippen LogP contribution in [0.2, 0.25) is 0 Å². The SMILES string of the molecule is C#C.CCC(O)(CC)CSCC1=CCC2/C(=C/C=C3/CC/C(=C/CO)[C@H](O)C3)CCCC12C. The van der Waals surface area contributed by atoms with Crippen molar-refractivity contribution in [3.63, 3.8) is 0 Å². The smallest absolute Gasteiger partial charge is 0.0788 e. The van der Waals surface area contributed by atoms with E-state index < -0.39 is 11.7 Å². The molecule has 33 heavy (non-hydrogen) atoms. The first-order valence-corrected chi connectivity index (χ1v) is 13.7. The average molecular weight is 473 g/mol. The second-order valence-electron chi connectivity index (χ2n) is 9.96. The van der Waals surface area contributed by atoms with E-state index in [1.54, 1.807) is 17.2 Å². The molecule has 2 unspecified atom stereocenters. The van der Waals surface area contributed by atoms with E-state index in [0.29, 0.717) is 12.3 Å². The Labute approximate surface area is 206 Å². The highest BCUT2D eigenvalue weighted by Gasteiger charge is 2.44. The maximum absolute atomic E-state index is 10.6. The first-order valence-electron chi connectivity index (χ1n) is 12.5. The van der Waals surface area contributed by atoms with Gasteiger partial charge in [0, 0.05) is 11.5 Å². The Bertz CT molecular complexity index is 784. The third-order valence-corrected chi connectivity index (χ3v) is 9.42. The Morgan fingerprint density at radius 2 is 1.88 bits per heavy atom. The Kier molecular flexibility index (Phi) is 11.0. The van der Waals surface area contributed by atoms with Crippen molar-refractivity contribution in [2.75, 3.05) is 18.1 Å². The standard InChI is InChI=1S/C27H42O3S.C2H2/c1-4-27(30,5-2)19-31-18-23-12-13-24-21(7-6-15-26(23,24)3)10-8-20-9-11-22(14-16-28)25(29)17-20;1-2/h8,10,12,14,24-25,28-30H,4-7,9,11,13,15-19H2,1-3H3;1-2H/b20-8-,21-10+,22-14-;/t24?,25-,26?;/m1./s1. The molecule has 0 aromatic heterocycles. The van der Waals surface area contributed by atoms with E-state index in [2.05, 4.69) is 51.8 Å². The molecule has 0 spiro atoms. The summed E-state index contributed by atoms with van der Waals surface area (Å²) in [6.45, 7) is 6.63. The van der Waals surface area contributed by atoms with Gasteiger partial charge in [-0.3, -0.25) is 0 Å². The van der Waals surface area contributed by atoms with E-state index in [1.807, 2.05) is 11.8 Å². The van der Waals surface area contributed by atoms with Crippen molar-refractivity contribution in [3.8, 4) is 12.8 Å². The first kappa shape index (κ1) is 28.0. The van der Waals surface area contributed by atoms with Crippen LogP contribution in [-0.2, 0) is 0 Å². The van der Waals surface area contributed by atoms with E-state index in [4.69, 9.17) is 5.11 Å². The number of rotatable bonds is 8. The molecule has 0 aromatic carbocycles. The summed E-state index contributed by atoms with van der Waals surface area (Å²) in [5.74, 6) is 2.46. The molecule has 0 heterocycles. The van der Waals surface area contributed by atoms with Crippen molar-refractivity contribution in [2.45, 2.75) is 90.3 Å². The topological polar surface area (TPSA) is 60.7 Å². The van der Waals surface area contributed by atoms with E-state index in [-0.39, 0.29) is 12.0 Å². The van der Waals surface area contributed by atoms with Gasteiger partial charge in [-0.05, 0) is 74.7 Å². The van der Waals surface area contributed by atoms with Crippen molar-refractivity contribution in [1.82, 2.24) is 0 Å². The van der Waals surface area contributed by atoms with E-state index in [0.717, 1.165) is 49.2 Å². The maximum atomic E-state index is 10.6. The van der Waals surface area contributed by atoms with Crippen LogP contribution < -0.4 is 0 Å². The lowest BCUT2D eigenvalue weighted by Crippen LogP contribution is -2.32. The van der Waals surface area contributed by atoms with Crippen LogP contribution in [0.15, 0.2) is 46.6 Å². The fourth-order valence-corrected chi connectivity index (χ4v) is 7.18. The number of allylic oxidation sites excluding steroid dienone is 4. The molecule has 0 aromatic rings. The zero-order valence-electron chi connectivity index (χ0n) is 20.9. The minimum absolute atomic E-state index is 0.0134. The van der Waals surface area contributed by atoms with Crippen molar-refractivity contribution < 1.29 is 15.3 Å². The molecule has 3 rings (SSSR count). The largest absolute Gasteiger partial charge is 0.392 e. The Hall–Kier alpha value is -1.25. The van der Waals surface area contributed by atoms with Crippen LogP contribution in [0.4, 0.5) is 0 Å². The van der Waals surface area contributed by atoms with Crippen LogP contribution in [0.1, 0.15) is 78.6 Å². The molecule has 3 atom stereocenters. The predicted octanol–water partition coefficient (Wildman–Crippen LogP) is 5.97. The van der Waals surface area contributed by atoms with Gasteiger partial charge >= 0.3 is 0 Å². The van der Waals surface area contributed by atoms with Gasteiger partial charge in [-0.1, -0.05) is 61.8 Å². The molecule has 184 valence electrons. The normalized spacial score (nSPS) is 31.3. The molecular formula is C29H44O3S. The van der Waals surface area contributed by atoms with E-state index >= 15 is 0 Å². The Morgan fingerprint density at radius 1 is 1.15 bits per heavy atom. The molecule has 4 heteroatoms. The molecule has 0 bridgehead atoms. The van der Waals surface area contributed by atoms with Crippen molar-refractivity contribution in [1.29, 1.82) is 0 Å². The van der Waals surface area contributed by atoms with Gasteiger partial charge < -0.3 is 15.3 Å². The number of aliphatic hydroxyl groups excluding tert-OH is 2. The second kappa shape index (κ2) is 13.0. The van der Waals surface area contributed by atoms with Crippen molar-refractivity contribution in [2.24, 2.45) is 11.3 Å². The monoisotopic (exact) mass is 472 g/mol. The van der Waals surface area contributed by atoms with Crippen LogP contribution in [0.3, 0.4) is 0 Å². The van der Waals surface area contributed by atoms with Crippen molar-refractivity contribution >= 4 is 11.8 Å². The average Bonchev–Trinajstić information content (AvgIpc) is 3.17. The van der Waals surface area contributed by atoms with Crippen LogP contribution in [0.5, 0.6) is 0 Å². The molecule has 3 nitrogen and oxygen atoms in total. The summed E-state index contributed by atoms with van der Waals surface area (Å²) in [6, 6.07) is 0. The van der Waals surface area contributed by atoms with Crippen LogP contribution in [0.25, 0.3) is 0 Å². The summed E-state index contributed by atoms with van der Waals surface area (Å²) < 4.78 is 0. The lowest BCUT2D eigenvalue weighted by molar-refractivity contribution is 0.0572. The summed E-state index contributed by atoms with van der Waals surface area (Å²) in [4.78, 5) is 0. The molecule has 0 amide bonds. The lowest BCUT2D eigenvalue weighted by atomic mass is 9.64. The number of terminal acetylenes is 1. The number of hydrogen-bond acceptors (Lipinski definition) is 4. The van der Waals surface area contributed by atoms with Gasteiger partial charge in [-0.15, -0.1) is 12.8 Å². The molecule has 0 radical (unpaired) electrons. The number of hydrogen-bond donors (Lipinski definition) is 3. The predicted molar refractivity (Wildman–Crippen MR) is 142 cm³/mol. The van der Waals surface area contributed by atoms with Crippen LogP contribution >= 0.6 is 11.8 Å². The minimum atomic E-state index is -0.523. The van der Waals surface area contributed by atoms with E-state index in [1.165, 1.54) is 24.8 Å². The van der Waals surface area contributed by atoms with Gasteiger partial charge in [0.25, 0.3) is 0 Å². The summed E-state index contributed by atoms with van der Waals surface area (Å²) in [5.41, 5.74) is 5.20. The van der Waals surface area contributed by atoms with Crippen molar-refractivity contribution in [3.05, 3.63) is 46.6 Å². The van der Waals surface area contributed by atoms with Gasteiger partial charge in [-0.25, -0.2) is 0 Å². The molecule has 2 saturated carbocycles. The highest BCUT2D eigenvalue weighted by atomic mass is 32.2. The van der Waals surface area contributed by atoms with Crippen LogP contribution in [0, 0.1) is 24.2 Å². The number of aliphatic hydroxyl groups is 3. The Morgan fingerprint density at radius 3 is 2.52 bits per heavy atom. The Balaban J connectivity index is 0.00000187. The van der Waals surface area contributed by atoms with E-state index in [9.17, 15) is 10.2 Å². The highest BCUT2D eigenvalue weighted by Crippen LogP contribution is 2.55. The van der Waals surface area contributed by atoms with Gasteiger partial charge in [0.15, 0.2) is 0 Å². The lowest BCUT2D eigenvalue weighted by Gasteiger charge is -2.41. The van der Waals surface area contributed by atoms with Gasteiger partial charge in [0.1, 0.15) is 0 Å². The quantitative estimate of drug-likeness (QED) is 0.301. The summed E-state index contributed by atoms with van der Waals surface area (Å²) >= 11 is 1.90. The third-order valence-electron chi connectivity index (χ3n) is 8.16. The minimum Gasteiger partial charge on any atom is -0.392 e. The fourth-order valence-electron chi connectivity index (χ4n) is 5.62. The summed E-state index contributed by atoms with van der Waals surface area (Å²) in [5, 5.41) is 30.0. The van der Waals surface area contributed by atoms with Crippen LogP contribution in [-0.4, -0.2) is 45.1 Å². The molecule has 2 fully saturated rings. The number of fused-ring (bicyclic) bond motifs is 1. The zero-order valence-corrected chi connectivity index (χ0v) is 21.7. The van der Waals surface area contributed by atoms with Gasteiger partial charge in [0.05, 0.1) is 18.3 Å². The second-order valence-corrected chi connectivity index (χ2v) is 10.9. The first-order chi connectivity index (χ1) is 15.8. The summed E-state index contributed by atoms with van der Waals surface area (Å²) in [6.07, 6.45) is 25.4. The third kappa shape index (κ3) is 6.89. The van der Waals surface area contributed by atoms with Gasteiger partial charge in [-0.2, -0.15) is 11.8 Å². The zero-order chi connectivity index (χ0) is 24.5.